The van der Waals surface area contributed by atoms with Gasteiger partial charge in [0.15, 0.2) is 0 Å². The predicted octanol–water partition coefficient (Wildman–Crippen LogP) is 2.59. The molecule has 24 heavy (non-hydrogen) atoms. The molecule has 0 aromatic carbocycles. The van der Waals surface area contributed by atoms with E-state index in [9.17, 15) is 9.59 Å². The molecule has 0 radical (unpaired) electrons. The van der Waals surface area contributed by atoms with E-state index in [0.29, 0.717) is 11.5 Å². The number of rotatable bonds is 4. The van der Waals surface area contributed by atoms with Crippen LogP contribution in [0.15, 0.2) is 35.4 Å². The van der Waals surface area contributed by atoms with Gasteiger partial charge < -0.3 is 10.3 Å². The first-order valence-electron chi connectivity index (χ1n) is 8.45. The van der Waals surface area contributed by atoms with Crippen molar-refractivity contribution in [1.82, 2.24) is 20.3 Å². The van der Waals surface area contributed by atoms with Crippen molar-refractivity contribution in [2.24, 2.45) is 5.92 Å². The van der Waals surface area contributed by atoms with Gasteiger partial charge in [0, 0.05) is 29.9 Å². The zero-order chi connectivity index (χ0) is 16.9. The number of hydrogen-bond donors (Lipinski definition) is 2. The molecule has 0 bridgehead atoms. The quantitative estimate of drug-likeness (QED) is 0.904. The maximum atomic E-state index is 12.4. The lowest BCUT2D eigenvalue weighted by Gasteiger charge is -2.23. The fourth-order valence-electron chi connectivity index (χ4n) is 3.11. The Bertz CT molecular complexity index is 751. The first-order chi connectivity index (χ1) is 11.6. The highest BCUT2D eigenvalue weighted by molar-refractivity contribution is 5.79. The molecule has 1 fully saturated rings. The van der Waals surface area contributed by atoms with Crippen LogP contribution in [0.4, 0.5) is 0 Å². The summed E-state index contributed by atoms with van der Waals surface area (Å²) in [5.41, 5.74) is 1.06. The van der Waals surface area contributed by atoms with Crippen LogP contribution in [0.1, 0.15) is 50.8 Å². The van der Waals surface area contributed by atoms with Crippen molar-refractivity contribution < 1.29 is 4.79 Å². The first kappa shape index (κ1) is 16.4. The van der Waals surface area contributed by atoms with Gasteiger partial charge in [-0.1, -0.05) is 19.3 Å². The Morgan fingerprint density at radius 1 is 1.33 bits per heavy atom. The van der Waals surface area contributed by atoms with Crippen LogP contribution in [0.5, 0.6) is 0 Å². The average Bonchev–Trinajstić information content (AvgIpc) is 2.62. The molecule has 6 nitrogen and oxygen atoms in total. The normalized spacial score (nSPS) is 16.5. The summed E-state index contributed by atoms with van der Waals surface area (Å²) in [5, 5.41) is 3.00. The van der Waals surface area contributed by atoms with Crippen molar-refractivity contribution >= 4 is 5.91 Å². The van der Waals surface area contributed by atoms with Crippen molar-refractivity contribution in [2.75, 3.05) is 0 Å². The highest BCUT2D eigenvalue weighted by Crippen LogP contribution is 2.24. The van der Waals surface area contributed by atoms with E-state index in [0.717, 1.165) is 31.2 Å². The number of aromatic nitrogens is 3. The minimum absolute atomic E-state index is 0.0622. The van der Waals surface area contributed by atoms with E-state index < -0.39 is 0 Å². The number of pyridine rings is 1. The van der Waals surface area contributed by atoms with Gasteiger partial charge in [-0.3, -0.25) is 14.6 Å². The minimum atomic E-state index is -0.308. The van der Waals surface area contributed by atoms with Gasteiger partial charge in [-0.25, -0.2) is 4.98 Å². The van der Waals surface area contributed by atoms with Crippen molar-refractivity contribution in [3.05, 3.63) is 46.6 Å². The van der Waals surface area contributed by atoms with Gasteiger partial charge in [0.05, 0.1) is 11.7 Å². The third-order valence-corrected chi connectivity index (χ3v) is 4.47. The molecule has 0 saturated heterocycles. The molecule has 1 aliphatic rings. The van der Waals surface area contributed by atoms with Gasteiger partial charge in [0.25, 0.3) is 5.56 Å². The number of H-pyrrole nitrogens is 1. The second kappa shape index (κ2) is 7.38. The monoisotopic (exact) mass is 326 g/mol. The van der Waals surface area contributed by atoms with Crippen LogP contribution in [0.25, 0.3) is 11.4 Å². The van der Waals surface area contributed by atoms with Gasteiger partial charge in [-0.2, -0.15) is 0 Å². The Hall–Kier alpha value is -2.50. The van der Waals surface area contributed by atoms with Gasteiger partial charge >= 0.3 is 0 Å². The zero-order valence-corrected chi connectivity index (χ0v) is 13.8. The van der Waals surface area contributed by atoms with Crippen LogP contribution in [0, 0.1) is 5.92 Å². The molecule has 2 N–H and O–H groups in total. The second-order valence-electron chi connectivity index (χ2n) is 6.33. The van der Waals surface area contributed by atoms with E-state index >= 15 is 0 Å². The van der Waals surface area contributed by atoms with Crippen LogP contribution in [0.2, 0.25) is 0 Å². The standard InChI is InChI=1S/C18H22N4O2/c1-12(20-18(24)13-6-3-2-4-7-13)15-10-16(23)22-17(21-15)14-8-5-9-19-11-14/h5,8-13H,2-4,6-7H2,1H3,(H,20,24)(H,21,22,23). The topological polar surface area (TPSA) is 87.7 Å². The van der Waals surface area contributed by atoms with Crippen molar-refractivity contribution in [1.29, 1.82) is 0 Å². The summed E-state index contributed by atoms with van der Waals surface area (Å²) in [4.78, 5) is 35.6. The van der Waals surface area contributed by atoms with E-state index in [-0.39, 0.29) is 23.4 Å². The average molecular weight is 326 g/mol. The smallest absolute Gasteiger partial charge is 0.251 e. The molecule has 0 aliphatic heterocycles. The minimum Gasteiger partial charge on any atom is -0.348 e. The lowest BCUT2D eigenvalue weighted by Crippen LogP contribution is -2.34. The van der Waals surface area contributed by atoms with E-state index in [1.807, 2.05) is 13.0 Å². The fourth-order valence-corrected chi connectivity index (χ4v) is 3.11. The number of nitrogens with zero attached hydrogens (tertiary/aromatic N) is 2. The Labute approximate surface area is 140 Å². The number of hydrogen-bond acceptors (Lipinski definition) is 4. The molecule has 1 aliphatic carbocycles. The molecule has 1 atom stereocenters. The highest BCUT2D eigenvalue weighted by Gasteiger charge is 2.23. The Kier molecular flexibility index (Phi) is 5.03. The first-order valence-corrected chi connectivity index (χ1v) is 8.45. The predicted molar refractivity (Wildman–Crippen MR) is 91.2 cm³/mol. The Morgan fingerprint density at radius 2 is 2.12 bits per heavy atom. The van der Waals surface area contributed by atoms with Crippen LogP contribution < -0.4 is 10.9 Å². The summed E-state index contributed by atoms with van der Waals surface area (Å²) >= 11 is 0. The number of amides is 1. The van der Waals surface area contributed by atoms with Gasteiger partial charge in [0.2, 0.25) is 5.91 Å². The van der Waals surface area contributed by atoms with Gasteiger partial charge in [0.1, 0.15) is 5.82 Å². The Morgan fingerprint density at radius 3 is 2.83 bits per heavy atom. The van der Waals surface area contributed by atoms with E-state index in [1.165, 1.54) is 12.5 Å². The summed E-state index contributed by atoms with van der Waals surface area (Å²) < 4.78 is 0. The van der Waals surface area contributed by atoms with Crippen LogP contribution in [-0.4, -0.2) is 20.9 Å². The highest BCUT2D eigenvalue weighted by atomic mass is 16.2. The molecular weight excluding hydrogens is 304 g/mol. The lowest BCUT2D eigenvalue weighted by atomic mass is 9.88. The van der Waals surface area contributed by atoms with Crippen LogP contribution in [-0.2, 0) is 4.79 Å². The third kappa shape index (κ3) is 3.88. The third-order valence-electron chi connectivity index (χ3n) is 4.47. The summed E-state index contributed by atoms with van der Waals surface area (Å²) in [6, 6.07) is 4.75. The maximum absolute atomic E-state index is 12.4. The van der Waals surface area contributed by atoms with E-state index in [2.05, 4.69) is 20.3 Å². The number of aromatic amines is 1. The molecular formula is C18H22N4O2. The van der Waals surface area contributed by atoms with Crippen LogP contribution >= 0.6 is 0 Å². The molecule has 6 heteroatoms. The van der Waals surface area contributed by atoms with Crippen molar-refractivity contribution in [3.8, 4) is 11.4 Å². The van der Waals surface area contributed by atoms with Gasteiger partial charge in [-0.05, 0) is 31.9 Å². The lowest BCUT2D eigenvalue weighted by molar-refractivity contribution is -0.126. The summed E-state index contributed by atoms with van der Waals surface area (Å²) in [6.07, 6.45) is 8.64. The van der Waals surface area contributed by atoms with Gasteiger partial charge in [-0.15, -0.1) is 0 Å². The summed E-state index contributed by atoms with van der Waals surface area (Å²) in [6.45, 7) is 1.86. The van der Waals surface area contributed by atoms with Crippen molar-refractivity contribution in [2.45, 2.75) is 45.1 Å². The molecule has 2 aromatic rings. The molecule has 1 saturated carbocycles. The van der Waals surface area contributed by atoms with Crippen molar-refractivity contribution in [3.63, 3.8) is 0 Å². The maximum Gasteiger partial charge on any atom is 0.251 e. The number of carbonyl (C=O) groups excluding carboxylic acids is 1. The van der Waals surface area contributed by atoms with E-state index in [1.54, 1.807) is 18.5 Å². The Balaban J connectivity index is 1.77. The molecule has 3 rings (SSSR count). The van der Waals surface area contributed by atoms with E-state index in [4.69, 9.17) is 0 Å². The number of carbonyl (C=O) groups is 1. The molecule has 2 heterocycles. The fraction of sp³-hybridized carbons (Fsp3) is 0.444. The largest absolute Gasteiger partial charge is 0.348 e. The zero-order valence-electron chi connectivity index (χ0n) is 13.8. The molecule has 0 spiro atoms. The molecule has 1 unspecified atom stereocenters. The second-order valence-corrected chi connectivity index (χ2v) is 6.33. The molecule has 2 aromatic heterocycles. The summed E-state index contributed by atoms with van der Waals surface area (Å²) in [7, 11) is 0. The summed E-state index contributed by atoms with van der Waals surface area (Å²) in [5.74, 6) is 0.609. The molecule has 1 amide bonds. The SMILES string of the molecule is CC(NC(=O)C1CCCCC1)c1cc(=O)[nH]c(-c2cccnc2)n1. The number of nitrogens with one attached hydrogen (secondary N) is 2. The van der Waals surface area contributed by atoms with Crippen LogP contribution in [0.3, 0.4) is 0 Å². The molecule has 126 valence electrons.